The molecule has 3 heterocycles. The highest BCUT2D eigenvalue weighted by molar-refractivity contribution is 6.10. The summed E-state index contributed by atoms with van der Waals surface area (Å²) in [6.45, 7) is 0. The Morgan fingerprint density at radius 3 is 2.53 bits per heavy atom. The van der Waals surface area contributed by atoms with Gasteiger partial charge >= 0.3 is 0 Å². The van der Waals surface area contributed by atoms with Crippen LogP contribution >= 0.6 is 0 Å². The Morgan fingerprint density at radius 2 is 1.80 bits per heavy atom. The summed E-state index contributed by atoms with van der Waals surface area (Å²) in [6, 6.07) is 11.4. The van der Waals surface area contributed by atoms with E-state index in [1.54, 1.807) is 18.6 Å². The maximum atomic E-state index is 13.1. The Hall–Kier alpha value is -3.81. The summed E-state index contributed by atoms with van der Waals surface area (Å²) >= 11 is 0. The Kier molecular flexibility index (Phi) is 4.59. The van der Waals surface area contributed by atoms with Crippen molar-refractivity contribution in [1.29, 1.82) is 0 Å². The molecular formula is C22H21N7O. The van der Waals surface area contributed by atoms with Crippen LogP contribution in [0, 0.1) is 0 Å². The number of hydrogen-bond acceptors (Lipinski definition) is 6. The van der Waals surface area contributed by atoms with Gasteiger partial charge in [-0.05, 0) is 42.7 Å². The number of pyridine rings is 1. The molecule has 0 atom stereocenters. The second-order valence-corrected chi connectivity index (χ2v) is 7.44. The number of benzene rings is 1. The van der Waals surface area contributed by atoms with E-state index in [4.69, 9.17) is 15.7 Å². The highest BCUT2D eigenvalue weighted by Gasteiger charge is 2.26. The molecule has 1 aliphatic carbocycles. The first-order valence-corrected chi connectivity index (χ1v) is 10.0. The molecule has 8 nitrogen and oxygen atoms in total. The van der Waals surface area contributed by atoms with Gasteiger partial charge in [-0.3, -0.25) is 9.78 Å². The van der Waals surface area contributed by atoms with Gasteiger partial charge in [0.15, 0.2) is 5.65 Å². The van der Waals surface area contributed by atoms with Crippen molar-refractivity contribution in [1.82, 2.24) is 24.9 Å². The highest BCUT2D eigenvalue weighted by Crippen LogP contribution is 2.28. The lowest BCUT2D eigenvalue weighted by Crippen LogP contribution is -2.33. The van der Waals surface area contributed by atoms with Crippen LogP contribution in [0.15, 0.2) is 53.9 Å². The SMILES string of the molecule is Nc1c(C(=O)NC2CCCC2)c2nc3ccccc3nc2n1/N=C/c1ccncc1. The normalized spacial score (nSPS) is 14.8. The average Bonchev–Trinajstić information content (AvgIpc) is 3.36. The van der Waals surface area contributed by atoms with E-state index < -0.39 is 0 Å². The predicted molar refractivity (Wildman–Crippen MR) is 116 cm³/mol. The Labute approximate surface area is 172 Å². The first-order valence-electron chi connectivity index (χ1n) is 10.0. The van der Waals surface area contributed by atoms with E-state index in [2.05, 4.69) is 15.4 Å². The molecule has 0 bridgehead atoms. The van der Waals surface area contributed by atoms with Crippen LogP contribution in [-0.4, -0.2) is 37.8 Å². The van der Waals surface area contributed by atoms with Crippen molar-refractivity contribution in [2.24, 2.45) is 5.10 Å². The van der Waals surface area contributed by atoms with Gasteiger partial charge in [-0.2, -0.15) is 9.78 Å². The van der Waals surface area contributed by atoms with Crippen LogP contribution in [0.2, 0.25) is 0 Å². The molecule has 0 radical (unpaired) electrons. The number of nitrogens with two attached hydrogens (primary N) is 1. The number of anilines is 1. The lowest BCUT2D eigenvalue weighted by molar-refractivity contribution is 0.0940. The molecule has 8 heteroatoms. The van der Waals surface area contributed by atoms with E-state index in [-0.39, 0.29) is 17.8 Å². The maximum Gasteiger partial charge on any atom is 0.257 e. The van der Waals surface area contributed by atoms with Crippen molar-refractivity contribution in [3.05, 3.63) is 59.9 Å². The first-order chi connectivity index (χ1) is 14.7. The van der Waals surface area contributed by atoms with E-state index in [0.29, 0.717) is 27.8 Å². The molecular weight excluding hydrogens is 378 g/mol. The molecule has 0 saturated heterocycles. The van der Waals surface area contributed by atoms with Gasteiger partial charge in [0.25, 0.3) is 5.91 Å². The van der Waals surface area contributed by atoms with E-state index in [1.165, 1.54) is 4.68 Å². The van der Waals surface area contributed by atoms with Crippen LogP contribution in [0.25, 0.3) is 22.2 Å². The number of rotatable bonds is 4. The van der Waals surface area contributed by atoms with Crippen molar-refractivity contribution in [3.63, 3.8) is 0 Å². The molecule has 3 aromatic heterocycles. The van der Waals surface area contributed by atoms with Gasteiger partial charge in [0.05, 0.1) is 17.2 Å². The number of fused-ring (bicyclic) bond motifs is 2. The molecule has 1 saturated carbocycles. The van der Waals surface area contributed by atoms with Gasteiger partial charge in [-0.1, -0.05) is 25.0 Å². The van der Waals surface area contributed by atoms with Crippen LogP contribution in [0.4, 0.5) is 5.82 Å². The van der Waals surface area contributed by atoms with Crippen LogP contribution in [0.1, 0.15) is 41.6 Å². The molecule has 5 rings (SSSR count). The highest BCUT2D eigenvalue weighted by atomic mass is 16.1. The zero-order valence-electron chi connectivity index (χ0n) is 16.3. The van der Waals surface area contributed by atoms with Crippen molar-refractivity contribution in [2.75, 3.05) is 5.73 Å². The molecule has 1 fully saturated rings. The van der Waals surface area contributed by atoms with Gasteiger partial charge < -0.3 is 11.1 Å². The van der Waals surface area contributed by atoms with Crippen LogP contribution in [0.3, 0.4) is 0 Å². The molecule has 1 aromatic carbocycles. The van der Waals surface area contributed by atoms with Gasteiger partial charge in [0.2, 0.25) is 0 Å². The number of nitrogen functional groups attached to an aromatic ring is 1. The summed E-state index contributed by atoms with van der Waals surface area (Å²) in [7, 11) is 0. The smallest absolute Gasteiger partial charge is 0.257 e. The lowest BCUT2D eigenvalue weighted by Gasteiger charge is -2.11. The van der Waals surface area contributed by atoms with Crippen LogP contribution in [0.5, 0.6) is 0 Å². The topological polar surface area (TPSA) is 111 Å². The number of aromatic nitrogens is 4. The number of nitrogens with zero attached hydrogens (tertiary/aromatic N) is 5. The summed E-state index contributed by atoms with van der Waals surface area (Å²) in [5.41, 5.74) is 9.92. The fraction of sp³-hybridized carbons (Fsp3) is 0.227. The van der Waals surface area contributed by atoms with Crippen molar-refractivity contribution in [2.45, 2.75) is 31.7 Å². The monoisotopic (exact) mass is 399 g/mol. The molecule has 1 amide bonds. The van der Waals surface area contributed by atoms with Crippen LogP contribution in [-0.2, 0) is 0 Å². The average molecular weight is 399 g/mol. The second kappa shape index (κ2) is 7.55. The quantitative estimate of drug-likeness (QED) is 0.512. The lowest BCUT2D eigenvalue weighted by atomic mass is 10.2. The van der Waals surface area contributed by atoms with E-state index in [9.17, 15) is 4.79 Å². The zero-order valence-corrected chi connectivity index (χ0v) is 16.3. The van der Waals surface area contributed by atoms with Crippen molar-refractivity contribution < 1.29 is 4.79 Å². The maximum absolute atomic E-state index is 13.1. The summed E-state index contributed by atoms with van der Waals surface area (Å²) in [5.74, 6) is -0.00653. The minimum Gasteiger partial charge on any atom is -0.383 e. The minimum absolute atomic E-state index is 0.170. The third-order valence-electron chi connectivity index (χ3n) is 5.42. The fourth-order valence-electron chi connectivity index (χ4n) is 3.89. The summed E-state index contributed by atoms with van der Waals surface area (Å²) in [5, 5.41) is 7.61. The number of carbonyl (C=O) groups excluding carboxylic acids is 1. The standard InChI is InChI=1S/C22H21N7O/c23-20-18(22(30)26-15-5-1-2-6-15)19-21(28-17-8-4-3-7-16(17)27-19)29(20)25-13-14-9-11-24-12-10-14/h3-4,7-13,15H,1-2,5-6,23H2,(H,26,30)/b25-13+. The van der Waals surface area contributed by atoms with Crippen LogP contribution < -0.4 is 11.1 Å². The van der Waals surface area contributed by atoms with E-state index in [1.807, 2.05) is 36.4 Å². The largest absolute Gasteiger partial charge is 0.383 e. The zero-order chi connectivity index (χ0) is 20.5. The summed E-state index contributed by atoms with van der Waals surface area (Å²) in [4.78, 5) is 26.5. The number of carbonyl (C=O) groups is 1. The van der Waals surface area contributed by atoms with E-state index in [0.717, 1.165) is 31.2 Å². The molecule has 4 aromatic rings. The summed E-state index contributed by atoms with van der Waals surface area (Å²) in [6.07, 6.45) is 9.26. The summed E-state index contributed by atoms with van der Waals surface area (Å²) < 4.78 is 1.48. The van der Waals surface area contributed by atoms with Gasteiger partial charge in [0.1, 0.15) is 16.9 Å². The molecule has 0 unspecified atom stereocenters. The fourth-order valence-corrected chi connectivity index (χ4v) is 3.89. The number of para-hydroxylation sites is 2. The van der Waals surface area contributed by atoms with Crippen molar-refractivity contribution in [3.8, 4) is 0 Å². The molecule has 0 aliphatic heterocycles. The number of nitrogens with one attached hydrogen (secondary N) is 1. The molecule has 1 aliphatic rings. The predicted octanol–water partition coefficient (Wildman–Crippen LogP) is 3.12. The number of amides is 1. The molecule has 150 valence electrons. The Morgan fingerprint density at radius 1 is 1.10 bits per heavy atom. The van der Waals surface area contributed by atoms with Gasteiger partial charge in [-0.25, -0.2) is 9.97 Å². The van der Waals surface area contributed by atoms with E-state index >= 15 is 0 Å². The Bertz CT molecular complexity index is 1260. The third-order valence-corrected chi connectivity index (χ3v) is 5.42. The Balaban J connectivity index is 1.66. The van der Waals surface area contributed by atoms with Gasteiger partial charge in [-0.15, -0.1) is 0 Å². The van der Waals surface area contributed by atoms with Gasteiger partial charge in [0, 0.05) is 18.4 Å². The molecule has 3 N–H and O–H groups in total. The molecule has 30 heavy (non-hydrogen) atoms. The third kappa shape index (κ3) is 3.26. The van der Waals surface area contributed by atoms with Crippen molar-refractivity contribution >= 4 is 40.1 Å². The minimum atomic E-state index is -0.230. The first kappa shape index (κ1) is 18.2. The second-order valence-electron chi connectivity index (χ2n) is 7.44. The molecule has 0 spiro atoms. The number of hydrogen-bond donors (Lipinski definition) is 2.